The molecule has 1 amide bonds. The minimum absolute atomic E-state index is 0.0366. The van der Waals surface area contributed by atoms with Crippen LogP contribution in [-0.4, -0.2) is 16.6 Å². The Hall–Kier alpha value is -2.47. The minimum atomic E-state index is -0.798. The summed E-state index contributed by atoms with van der Waals surface area (Å²) in [6, 6.07) is 11.0. The van der Waals surface area contributed by atoms with Crippen molar-refractivity contribution in [1.29, 1.82) is 0 Å². The molecule has 0 unspecified atom stereocenters. The molecule has 0 saturated heterocycles. The number of aryl methyl sites for hydroxylation is 2. The molecule has 0 spiro atoms. The van der Waals surface area contributed by atoms with E-state index in [9.17, 15) is 13.6 Å². The van der Waals surface area contributed by atoms with Gasteiger partial charge in [-0.25, -0.2) is 13.8 Å². The van der Waals surface area contributed by atoms with Gasteiger partial charge in [0.15, 0.2) is 0 Å². The third kappa shape index (κ3) is 3.96. The Morgan fingerprint density at radius 1 is 1.12 bits per heavy atom. The predicted octanol–water partition coefficient (Wildman–Crippen LogP) is 4.86. The highest BCUT2D eigenvalue weighted by Gasteiger charge is 2.10. The van der Waals surface area contributed by atoms with Crippen LogP contribution in [-0.2, 0) is 4.79 Å². The number of nitrogens with one attached hydrogen (secondary N) is 1. The highest BCUT2D eigenvalue weighted by Crippen LogP contribution is 2.26. The number of aromatic nitrogens is 1. The van der Waals surface area contributed by atoms with E-state index < -0.39 is 11.6 Å². The van der Waals surface area contributed by atoms with Crippen LogP contribution in [0.15, 0.2) is 47.5 Å². The maximum Gasteiger partial charge on any atom is 0.234 e. The topological polar surface area (TPSA) is 42.0 Å². The average Bonchev–Trinajstić information content (AvgIpc) is 2.57. The van der Waals surface area contributed by atoms with E-state index in [4.69, 9.17) is 0 Å². The molecule has 1 heterocycles. The van der Waals surface area contributed by atoms with Crippen molar-refractivity contribution < 1.29 is 13.6 Å². The molecule has 3 nitrogen and oxygen atoms in total. The van der Waals surface area contributed by atoms with E-state index in [-0.39, 0.29) is 17.3 Å². The van der Waals surface area contributed by atoms with Gasteiger partial charge in [-0.2, -0.15) is 0 Å². The maximum absolute atomic E-state index is 13.6. The fourth-order valence-electron chi connectivity index (χ4n) is 2.52. The molecule has 3 aromatic rings. The average molecular weight is 358 g/mol. The van der Waals surface area contributed by atoms with Crippen LogP contribution in [0.5, 0.6) is 0 Å². The molecule has 0 aliphatic carbocycles. The second-order valence-corrected chi connectivity index (χ2v) is 6.71. The largest absolute Gasteiger partial charge is 0.323 e. The molecule has 0 aliphatic heterocycles. The molecular formula is C19H16F2N2OS. The van der Waals surface area contributed by atoms with Gasteiger partial charge in [0.25, 0.3) is 0 Å². The van der Waals surface area contributed by atoms with E-state index in [1.807, 2.05) is 38.1 Å². The van der Waals surface area contributed by atoms with Crippen molar-refractivity contribution in [1.82, 2.24) is 4.98 Å². The van der Waals surface area contributed by atoms with Crippen molar-refractivity contribution in [2.45, 2.75) is 18.9 Å². The number of halogens is 2. The molecular weight excluding hydrogens is 342 g/mol. The van der Waals surface area contributed by atoms with Crippen molar-refractivity contribution in [3.63, 3.8) is 0 Å². The lowest BCUT2D eigenvalue weighted by Gasteiger charge is -2.09. The number of benzene rings is 2. The van der Waals surface area contributed by atoms with Crippen LogP contribution >= 0.6 is 11.8 Å². The first-order valence-electron chi connectivity index (χ1n) is 7.69. The summed E-state index contributed by atoms with van der Waals surface area (Å²) in [5, 5.41) is 4.26. The Labute approximate surface area is 148 Å². The molecule has 3 rings (SSSR count). The molecule has 0 fully saturated rings. The predicted molar refractivity (Wildman–Crippen MR) is 96.9 cm³/mol. The van der Waals surface area contributed by atoms with Gasteiger partial charge < -0.3 is 5.32 Å². The van der Waals surface area contributed by atoms with E-state index in [0.717, 1.165) is 39.2 Å². The van der Waals surface area contributed by atoms with Crippen LogP contribution in [0.3, 0.4) is 0 Å². The summed E-state index contributed by atoms with van der Waals surface area (Å²) >= 11 is 1.27. The number of carbonyl (C=O) groups is 1. The van der Waals surface area contributed by atoms with Gasteiger partial charge >= 0.3 is 0 Å². The van der Waals surface area contributed by atoms with Crippen molar-refractivity contribution in [3.05, 3.63) is 65.2 Å². The van der Waals surface area contributed by atoms with Crippen LogP contribution in [0.25, 0.3) is 10.9 Å². The van der Waals surface area contributed by atoms with Crippen LogP contribution in [0.2, 0.25) is 0 Å². The van der Waals surface area contributed by atoms with Gasteiger partial charge in [-0.05, 0) is 43.2 Å². The first-order chi connectivity index (χ1) is 11.9. The van der Waals surface area contributed by atoms with Gasteiger partial charge in [-0.1, -0.05) is 30.0 Å². The number of nitrogens with zero attached hydrogens (tertiary/aromatic N) is 1. The lowest BCUT2D eigenvalue weighted by atomic mass is 10.1. The summed E-state index contributed by atoms with van der Waals surface area (Å²) in [4.78, 5) is 16.6. The van der Waals surface area contributed by atoms with Crippen molar-refractivity contribution >= 4 is 34.3 Å². The second-order valence-electron chi connectivity index (χ2n) is 5.71. The zero-order valence-electron chi connectivity index (χ0n) is 13.8. The number of pyridine rings is 1. The molecule has 0 bridgehead atoms. The smallest absolute Gasteiger partial charge is 0.234 e. The summed E-state index contributed by atoms with van der Waals surface area (Å²) in [5.74, 6) is -1.77. The van der Waals surface area contributed by atoms with E-state index in [0.29, 0.717) is 0 Å². The minimum Gasteiger partial charge on any atom is -0.323 e. The lowest BCUT2D eigenvalue weighted by molar-refractivity contribution is -0.113. The first kappa shape index (κ1) is 17.4. The Morgan fingerprint density at radius 2 is 1.92 bits per heavy atom. The third-order valence-corrected chi connectivity index (χ3v) is 4.69. The molecule has 0 aliphatic rings. The molecule has 2 aromatic carbocycles. The van der Waals surface area contributed by atoms with Crippen LogP contribution in [0, 0.1) is 25.5 Å². The number of rotatable bonds is 4. The fourth-order valence-corrected chi connectivity index (χ4v) is 3.29. The zero-order chi connectivity index (χ0) is 18.0. The number of anilines is 1. The molecule has 0 radical (unpaired) electrons. The molecule has 25 heavy (non-hydrogen) atoms. The van der Waals surface area contributed by atoms with E-state index in [2.05, 4.69) is 10.3 Å². The molecule has 6 heteroatoms. The Morgan fingerprint density at radius 3 is 2.68 bits per heavy atom. The van der Waals surface area contributed by atoms with Crippen molar-refractivity contribution in [2.75, 3.05) is 11.1 Å². The Kier molecular flexibility index (Phi) is 4.99. The van der Waals surface area contributed by atoms with Gasteiger partial charge in [-0.15, -0.1) is 0 Å². The number of thioether (sulfide) groups is 1. The summed E-state index contributed by atoms with van der Waals surface area (Å²) in [5.41, 5.74) is 3.03. The van der Waals surface area contributed by atoms with E-state index >= 15 is 0 Å². The summed E-state index contributed by atoms with van der Waals surface area (Å²) < 4.78 is 26.5. The SMILES string of the molecule is Cc1cc(SCC(=O)Nc2ccc(F)cc2F)nc2c(C)cccc12. The normalized spacial score (nSPS) is 10.9. The second kappa shape index (κ2) is 7.19. The molecule has 1 aromatic heterocycles. The van der Waals surface area contributed by atoms with Crippen LogP contribution < -0.4 is 5.32 Å². The van der Waals surface area contributed by atoms with E-state index in [1.54, 1.807) is 0 Å². The summed E-state index contributed by atoms with van der Waals surface area (Å²) in [7, 11) is 0. The Bertz CT molecular complexity index is 960. The quantitative estimate of drug-likeness (QED) is 0.677. The molecule has 128 valence electrons. The monoisotopic (exact) mass is 358 g/mol. The molecule has 1 N–H and O–H groups in total. The third-order valence-electron chi connectivity index (χ3n) is 3.78. The van der Waals surface area contributed by atoms with Crippen LogP contribution in [0.1, 0.15) is 11.1 Å². The zero-order valence-corrected chi connectivity index (χ0v) is 14.6. The fraction of sp³-hybridized carbons (Fsp3) is 0.158. The van der Waals surface area contributed by atoms with Gasteiger partial charge in [0.1, 0.15) is 11.6 Å². The van der Waals surface area contributed by atoms with Crippen molar-refractivity contribution in [2.24, 2.45) is 0 Å². The Balaban J connectivity index is 1.72. The highest BCUT2D eigenvalue weighted by molar-refractivity contribution is 7.99. The first-order valence-corrected chi connectivity index (χ1v) is 8.67. The van der Waals surface area contributed by atoms with Crippen LogP contribution in [0.4, 0.5) is 14.5 Å². The number of hydrogen-bond donors (Lipinski definition) is 1. The van der Waals surface area contributed by atoms with Gasteiger partial charge in [0.2, 0.25) is 5.91 Å². The summed E-state index contributed by atoms with van der Waals surface area (Å²) in [6.07, 6.45) is 0. The van der Waals surface area contributed by atoms with Crippen molar-refractivity contribution in [3.8, 4) is 0 Å². The number of fused-ring (bicyclic) bond motifs is 1. The molecule has 0 atom stereocenters. The number of amides is 1. The van der Waals surface area contributed by atoms with Gasteiger partial charge in [0, 0.05) is 11.5 Å². The lowest BCUT2D eigenvalue weighted by Crippen LogP contribution is -2.15. The standard InChI is InChI=1S/C19H16F2N2OS/c1-11-4-3-5-14-12(2)8-18(23-19(11)14)25-10-17(24)22-16-7-6-13(20)9-15(16)21/h3-9H,10H2,1-2H3,(H,22,24). The summed E-state index contributed by atoms with van der Waals surface area (Å²) in [6.45, 7) is 3.99. The molecule has 0 saturated carbocycles. The van der Waals surface area contributed by atoms with Gasteiger partial charge in [-0.3, -0.25) is 4.79 Å². The number of para-hydroxylation sites is 1. The number of hydrogen-bond acceptors (Lipinski definition) is 3. The number of carbonyl (C=O) groups excluding carboxylic acids is 1. The highest BCUT2D eigenvalue weighted by atomic mass is 32.2. The maximum atomic E-state index is 13.6. The van der Waals surface area contributed by atoms with E-state index in [1.165, 1.54) is 17.8 Å². The van der Waals surface area contributed by atoms with Gasteiger partial charge in [0.05, 0.1) is 22.0 Å².